The summed E-state index contributed by atoms with van der Waals surface area (Å²) in [5.74, 6) is 0.614. The Labute approximate surface area is 121 Å². The number of hydrogen-bond donors (Lipinski definition) is 1. The average Bonchev–Trinajstić information content (AvgIpc) is 2.92. The van der Waals surface area contributed by atoms with Crippen molar-refractivity contribution < 1.29 is 9.53 Å². The quantitative estimate of drug-likeness (QED) is 0.882. The summed E-state index contributed by atoms with van der Waals surface area (Å²) >= 11 is 1.67. The van der Waals surface area contributed by atoms with E-state index in [1.165, 1.54) is 0 Å². The standard InChI is InChI=1S/C14H15N3O2S/c1-20-11-4-2-10(3-5-11)15-14(18)12-8-17-6-7-19-9-13(17)16-12/h2-5,8H,6-7,9H2,1H3,(H,15,18). The molecule has 1 aromatic heterocycles. The van der Waals surface area contributed by atoms with Crippen LogP contribution in [0.25, 0.3) is 0 Å². The number of benzene rings is 1. The molecule has 1 aliphatic rings. The summed E-state index contributed by atoms with van der Waals surface area (Å²) in [5.41, 5.74) is 1.20. The minimum absolute atomic E-state index is 0.191. The number of thioether (sulfide) groups is 1. The summed E-state index contributed by atoms with van der Waals surface area (Å²) in [7, 11) is 0. The Kier molecular flexibility index (Phi) is 3.75. The maximum Gasteiger partial charge on any atom is 0.275 e. The highest BCUT2D eigenvalue weighted by Gasteiger charge is 2.17. The molecular weight excluding hydrogens is 274 g/mol. The Hall–Kier alpha value is -1.79. The Bertz CT molecular complexity index is 598. The van der Waals surface area contributed by atoms with E-state index in [1.807, 2.05) is 35.1 Å². The molecule has 2 aromatic rings. The van der Waals surface area contributed by atoms with Crippen LogP contribution in [0.1, 0.15) is 16.3 Å². The number of hydrogen-bond acceptors (Lipinski definition) is 4. The van der Waals surface area contributed by atoms with Crippen molar-refractivity contribution >= 4 is 23.4 Å². The number of imidazole rings is 1. The molecule has 0 aliphatic carbocycles. The van der Waals surface area contributed by atoms with E-state index in [-0.39, 0.29) is 5.91 Å². The number of rotatable bonds is 3. The van der Waals surface area contributed by atoms with E-state index in [1.54, 1.807) is 18.0 Å². The summed E-state index contributed by atoms with van der Waals surface area (Å²) in [6.07, 6.45) is 3.80. The van der Waals surface area contributed by atoms with Crippen LogP contribution in [0.5, 0.6) is 0 Å². The Morgan fingerprint density at radius 3 is 2.90 bits per heavy atom. The van der Waals surface area contributed by atoms with Gasteiger partial charge in [0, 0.05) is 23.3 Å². The molecule has 0 atom stereocenters. The van der Waals surface area contributed by atoms with Crippen molar-refractivity contribution in [1.29, 1.82) is 0 Å². The van der Waals surface area contributed by atoms with Crippen LogP contribution in [0.4, 0.5) is 5.69 Å². The van der Waals surface area contributed by atoms with Gasteiger partial charge < -0.3 is 14.6 Å². The Morgan fingerprint density at radius 1 is 1.40 bits per heavy atom. The molecule has 0 saturated heterocycles. The molecule has 1 N–H and O–H groups in total. The SMILES string of the molecule is CSc1ccc(NC(=O)c2cn3c(n2)COCC3)cc1. The van der Waals surface area contributed by atoms with Crippen LogP contribution >= 0.6 is 11.8 Å². The molecule has 2 heterocycles. The second kappa shape index (κ2) is 5.68. The van der Waals surface area contributed by atoms with Crippen molar-refractivity contribution in [2.24, 2.45) is 0 Å². The third-order valence-corrected chi connectivity index (χ3v) is 3.89. The van der Waals surface area contributed by atoms with E-state index in [2.05, 4.69) is 10.3 Å². The van der Waals surface area contributed by atoms with Crippen molar-refractivity contribution in [3.63, 3.8) is 0 Å². The van der Waals surface area contributed by atoms with Crippen LogP contribution in [0.15, 0.2) is 35.4 Å². The summed E-state index contributed by atoms with van der Waals surface area (Å²) in [6.45, 7) is 1.88. The molecule has 1 amide bonds. The fourth-order valence-corrected chi connectivity index (χ4v) is 2.48. The van der Waals surface area contributed by atoms with Crippen molar-refractivity contribution in [1.82, 2.24) is 9.55 Å². The molecule has 0 bridgehead atoms. The van der Waals surface area contributed by atoms with Gasteiger partial charge in [-0.05, 0) is 30.5 Å². The van der Waals surface area contributed by atoms with Gasteiger partial charge in [-0.25, -0.2) is 4.98 Å². The van der Waals surface area contributed by atoms with E-state index in [9.17, 15) is 4.79 Å². The fraction of sp³-hybridized carbons (Fsp3) is 0.286. The van der Waals surface area contributed by atoms with Crippen LogP contribution in [-0.2, 0) is 17.9 Å². The first kappa shape index (κ1) is 13.2. The van der Waals surface area contributed by atoms with Crippen molar-refractivity contribution in [2.75, 3.05) is 18.2 Å². The number of aromatic nitrogens is 2. The summed E-state index contributed by atoms with van der Waals surface area (Å²) < 4.78 is 7.28. The van der Waals surface area contributed by atoms with E-state index in [4.69, 9.17) is 4.74 Å². The first-order valence-electron chi connectivity index (χ1n) is 6.35. The zero-order chi connectivity index (χ0) is 13.9. The third-order valence-electron chi connectivity index (χ3n) is 3.15. The molecule has 0 radical (unpaired) electrons. The van der Waals surface area contributed by atoms with Gasteiger partial charge in [-0.3, -0.25) is 4.79 Å². The highest BCUT2D eigenvalue weighted by molar-refractivity contribution is 7.98. The number of carbonyl (C=O) groups excluding carboxylic acids is 1. The lowest BCUT2D eigenvalue weighted by Gasteiger charge is -2.13. The topological polar surface area (TPSA) is 56.2 Å². The molecule has 1 aliphatic heterocycles. The summed E-state index contributed by atoms with van der Waals surface area (Å²) in [4.78, 5) is 17.6. The molecule has 5 nitrogen and oxygen atoms in total. The van der Waals surface area contributed by atoms with Crippen LogP contribution in [0, 0.1) is 0 Å². The van der Waals surface area contributed by atoms with Gasteiger partial charge in [0.2, 0.25) is 0 Å². The predicted octanol–water partition coefficient (Wildman–Crippen LogP) is 2.39. The van der Waals surface area contributed by atoms with E-state index < -0.39 is 0 Å². The van der Waals surface area contributed by atoms with Crippen molar-refractivity contribution in [2.45, 2.75) is 18.0 Å². The maximum atomic E-state index is 12.2. The van der Waals surface area contributed by atoms with Crippen LogP contribution in [-0.4, -0.2) is 28.3 Å². The smallest absolute Gasteiger partial charge is 0.275 e. The third kappa shape index (κ3) is 2.71. The molecule has 6 heteroatoms. The number of carbonyl (C=O) groups is 1. The zero-order valence-corrected chi connectivity index (χ0v) is 11.9. The van der Waals surface area contributed by atoms with Gasteiger partial charge >= 0.3 is 0 Å². The van der Waals surface area contributed by atoms with Crippen molar-refractivity contribution in [3.8, 4) is 0 Å². The van der Waals surface area contributed by atoms with Gasteiger partial charge in [0.25, 0.3) is 5.91 Å². The van der Waals surface area contributed by atoms with Gasteiger partial charge in [0.05, 0.1) is 6.61 Å². The van der Waals surface area contributed by atoms with E-state index in [0.717, 1.165) is 23.0 Å². The molecule has 0 spiro atoms. The molecule has 1 aromatic carbocycles. The van der Waals surface area contributed by atoms with E-state index in [0.29, 0.717) is 18.9 Å². The molecule has 20 heavy (non-hydrogen) atoms. The number of nitrogens with zero attached hydrogens (tertiary/aromatic N) is 2. The van der Waals surface area contributed by atoms with Gasteiger partial charge in [-0.1, -0.05) is 0 Å². The number of fused-ring (bicyclic) bond motifs is 1. The number of amides is 1. The van der Waals surface area contributed by atoms with Gasteiger partial charge in [-0.15, -0.1) is 11.8 Å². The zero-order valence-electron chi connectivity index (χ0n) is 11.1. The summed E-state index contributed by atoms with van der Waals surface area (Å²) in [5, 5.41) is 2.85. The number of nitrogens with one attached hydrogen (secondary N) is 1. The van der Waals surface area contributed by atoms with Crippen molar-refractivity contribution in [3.05, 3.63) is 42.0 Å². The highest BCUT2D eigenvalue weighted by Crippen LogP contribution is 2.18. The minimum atomic E-state index is -0.191. The van der Waals surface area contributed by atoms with Gasteiger partial charge in [0.15, 0.2) is 0 Å². The fourth-order valence-electron chi connectivity index (χ4n) is 2.07. The predicted molar refractivity (Wildman–Crippen MR) is 78.1 cm³/mol. The lowest BCUT2D eigenvalue weighted by Crippen LogP contribution is -2.15. The molecule has 0 saturated carbocycles. The van der Waals surface area contributed by atoms with Crippen LogP contribution in [0.3, 0.4) is 0 Å². The molecule has 104 valence electrons. The largest absolute Gasteiger partial charge is 0.372 e. The molecule has 0 fully saturated rings. The lowest BCUT2D eigenvalue weighted by atomic mass is 10.3. The normalized spacial score (nSPS) is 13.8. The molecular formula is C14H15N3O2S. The van der Waals surface area contributed by atoms with Crippen LogP contribution in [0.2, 0.25) is 0 Å². The maximum absolute atomic E-state index is 12.2. The molecule has 3 rings (SSSR count). The second-order valence-corrected chi connectivity index (χ2v) is 5.35. The van der Waals surface area contributed by atoms with Gasteiger partial charge in [-0.2, -0.15) is 0 Å². The Morgan fingerprint density at radius 2 is 2.20 bits per heavy atom. The Balaban J connectivity index is 1.73. The number of anilines is 1. The number of ether oxygens (including phenoxy) is 1. The first-order valence-corrected chi connectivity index (χ1v) is 7.58. The minimum Gasteiger partial charge on any atom is -0.372 e. The van der Waals surface area contributed by atoms with E-state index >= 15 is 0 Å². The lowest BCUT2D eigenvalue weighted by molar-refractivity contribution is 0.0816. The van der Waals surface area contributed by atoms with Gasteiger partial charge in [0.1, 0.15) is 18.1 Å². The van der Waals surface area contributed by atoms with Crippen LogP contribution < -0.4 is 5.32 Å². The highest BCUT2D eigenvalue weighted by atomic mass is 32.2. The summed E-state index contributed by atoms with van der Waals surface area (Å²) in [6, 6.07) is 7.74. The molecule has 0 unspecified atom stereocenters. The second-order valence-electron chi connectivity index (χ2n) is 4.47. The monoisotopic (exact) mass is 289 g/mol. The average molecular weight is 289 g/mol. The first-order chi connectivity index (χ1) is 9.76.